The van der Waals surface area contributed by atoms with E-state index in [-0.39, 0.29) is 19.1 Å². The molecule has 1 aromatic rings. The van der Waals surface area contributed by atoms with Gasteiger partial charge in [-0.1, -0.05) is 11.8 Å². The first kappa shape index (κ1) is 12.2. The third kappa shape index (κ3) is 4.13. The van der Waals surface area contributed by atoms with Gasteiger partial charge in [0.15, 0.2) is 0 Å². The molecule has 1 aromatic carbocycles. The number of carbonyl (C=O) groups is 1. The Bertz CT molecular complexity index is 401. The van der Waals surface area contributed by atoms with Gasteiger partial charge in [-0.25, -0.2) is 0 Å². The van der Waals surface area contributed by atoms with Crippen LogP contribution in [0.15, 0.2) is 24.3 Å². The number of aliphatic hydroxyl groups excluding tert-OH is 1. The van der Waals surface area contributed by atoms with E-state index in [0.717, 1.165) is 5.56 Å². The third-order valence-electron chi connectivity index (χ3n) is 1.76. The molecule has 0 aliphatic heterocycles. The van der Waals surface area contributed by atoms with E-state index < -0.39 is 0 Å². The predicted octanol–water partition coefficient (Wildman–Crippen LogP) is 0.615. The molecule has 0 bridgehead atoms. The van der Waals surface area contributed by atoms with E-state index in [0.29, 0.717) is 5.69 Å². The highest BCUT2D eigenvalue weighted by Crippen LogP contribution is 2.08. The summed E-state index contributed by atoms with van der Waals surface area (Å²) in [5.41, 5.74) is 1.48. The lowest BCUT2D eigenvalue weighted by atomic mass is 10.2. The molecule has 0 heterocycles. The third-order valence-corrected chi connectivity index (χ3v) is 1.76. The maximum absolute atomic E-state index is 11.2. The van der Waals surface area contributed by atoms with Crippen LogP contribution in [-0.2, 0) is 9.53 Å². The molecule has 0 fully saturated rings. The van der Waals surface area contributed by atoms with Gasteiger partial charge in [0.05, 0.1) is 0 Å². The number of methoxy groups -OCH3 is 1. The van der Waals surface area contributed by atoms with Gasteiger partial charge in [-0.15, -0.1) is 0 Å². The SMILES string of the molecule is COCC(=O)Nc1ccc(C#CCO)cc1. The quantitative estimate of drug-likeness (QED) is 0.732. The molecule has 0 radical (unpaired) electrons. The van der Waals surface area contributed by atoms with Crippen molar-refractivity contribution >= 4 is 11.6 Å². The fourth-order valence-electron chi connectivity index (χ4n) is 1.11. The fraction of sp³-hybridized carbons (Fsp3) is 0.250. The Morgan fingerprint density at radius 3 is 2.69 bits per heavy atom. The second-order valence-electron chi connectivity index (χ2n) is 3.02. The summed E-state index contributed by atoms with van der Waals surface area (Å²) in [7, 11) is 1.47. The molecule has 2 N–H and O–H groups in total. The summed E-state index contributed by atoms with van der Waals surface area (Å²) >= 11 is 0. The highest BCUT2D eigenvalue weighted by Gasteiger charge is 2.00. The molecule has 0 saturated carbocycles. The Labute approximate surface area is 94.2 Å². The van der Waals surface area contributed by atoms with Crippen molar-refractivity contribution in [2.75, 3.05) is 25.6 Å². The van der Waals surface area contributed by atoms with Crippen molar-refractivity contribution in [3.63, 3.8) is 0 Å². The van der Waals surface area contributed by atoms with E-state index in [1.165, 1.54) is 7.11 Å². The Morgan fingerprint density at radius 2 is 2.12 bits per heavy atom. The number of hydrogen-bond donors (Lipinski definition) is 2. The molecule has 0 saturated heterocycles. The minimum Gasteiger partial charge on any atom is -0.384 e. The lowest BCUT2D eigenvalue weighted by Gasteiger charge is -2.03. The molecular formula is C12H13NO3. The number of rotatable bonds is 3. The van der Waals surface area contributed by atoms with Gasteiger partial charge in [0.25, 0.3) is 0 Å². The average Bonchev–Trinajstić information content (AvgIpc) is 2.28. The highest BCUT2D eigenvalue weighted by atomic mass is 16.5. The first-order valence-electron chi connectivity index (χ1n) is 4.75. The lowest BCUT2D eigenvalue weighted by Crippen LogP contribution is -2.16. The number of anilines is 1. The number of ether oxygens (including phenoxy) is 1. The van der Waals surface area contributed by atoms with Crippen LogP contribution < -0.4 is 5.32 Å². The monoisotopic (exact) mass is 219 g/mol. The van der Waals surface area contributed by atoms with E-state index in [1.807, 2.05) is 0 Å². The van der Waals surface area contributed by atoms with Gasteiger partial charge in [0.2, 0.25) is 5.91 Å². The summed E-state index contributed by atoms with van der Waals surface area (Å²) < 4.78 is 4.69. The van der Waals surface area contributed by atoms with E-state index >= 15 is 0 Å². The molecule has 1 rings (SSSR count). The first-order chi connectivity index (χ1) is 7.76. The lowest BCUT2D eigenvalue weighted by molar-refractivity contribution is -0.119. The first-order valence-corrected chi connectivity index (χ1v) is 4.75. The van der Waals surface area contributed by atoms with Crippen molar-refractivity contribution < 1.29 is 14.6 Å². The van der Waals surface area contributed by atoms with Crippen LogP contribution in [0, 0.1) is 11.8 Å². The Hall–Kier alpha value is -1.83. The normalized spacial score (nSPS) is 9.12. The molecule has 4 heteroatoms. The van der Waals surface area contributed by atoms with Crippen molar-refractivity contribution in [2.24, 2.45) is 0 Å². The van der Waals surface area contributed by atoms with Crippen LogP contribution in [0.5, 0.6) is 0 Å². The minimum atomic E-state index is -0.198. The Kier molecular flexibility index (Phi) is 5.06. The van der Waals surface area contributed by atoms with Gasteiger partial charge in [0, 0.05) is 18.4 Å². The zero-order valence-electron chi connectivity index (χ0n) is 8.99. The summed E-state index contributed by atoms with van der Waals surface area (Å²) in [6.45, 7) is -0.127. The molecule has 0 atom stereocenters. The number of aliphatic hydroxyl groups is 1. The van der Waals surface area contributed by atoms with Gasteiger partial charge < -0.3 is 15.2 Å². The average molecular weight is 219 g/mol. The van der Waals surface area contributed by atoms with Gasteiger partial charge >= 0.3 is 0 Å². The van der Waals surface area contributed by atoms with Crippen LogP contribution in [0.4, 0.5) is 5.69 Å². The fourth-order valence-corrected chi connectivity index (χ4v) is 1.11. The van der Waals surface area contributed by atoms with Crippen molar-refractivity contribution in [2.45, 2.75) is 0 Å². The second kappa shape index (κ2) is 6.62. The van der Waals surface area contributed by atoms with E-state index in [9.17, 15) is 4.79 Å². The Balaban J connectivity index is 2.61. The maximum Gasteiger partial charge on any atom is 0.250 e. The van der Waals surface area contributed by atoms with Crippen LogP contribution in [0.25, 0.3) is 0 Å². The molecule has 16 heavy (non-hydrogen) atoms. The molecule has 4 nitrogen and oxygen atoms in total. The number of benzene rings is 1. The minimum absolute atomic E-state index is 0.0338. The molecule has 84 valence electrons. The highest BCUT2D eigenvalue weighted by molar-refractivity contribution is 5.91. The summed E-state index contributed by atoms with van der Waals surface area (Å²) in [6, 6.07) is 7.03. The van der Waals surface area contributed by atoms with Gasteiger partial charge in [-0.2, -0.15) is 0 Å². The Morgan fingerprint density at radius 1 is 1.44 bits per heavy atom. The standard InChI is InChI=1S/C12H13NO3/c1-16-9-12(15)13-11-6-4-10(5-7-11)3-2-8-14/h4-7,14H,8-9H2,1H3,(H,13,15). The number of carbonyl (C=O) groups excluding carboxylic acids is 1. The van der Waals surface area contributed by atoms with Gasteiger partial charge in [-0.05, 0) is 24.3 Å². The van der Waals surface area contributed by atoms with Gasteiger partial charge in [-0.3, -0.25) is 4.79 Å². The second-order valence-corrected chi connectivity index (χ2v) is 3.02. The molecule has 1 amide bonds. The zero-order valence-corrected chi connectivity index (χ0v) is 8.99. The van der Waals surface area contributed by atoms with Crippen molar-refractivity contribution in [3.8, 4) is 11.8 Å². The summed E-state index contributed by atoms with van der Waals surface area (Å²) in [6.07, 6.45) is 0. The van der Waals surface area contributed by atoms with E-state index in [2.05, 4.69) is 17.2 Å². The predicted molar refractivity (Wildman–Crippen MR) is 60.9 cm³/mol. The van der Waals surface area contributed by atoms with E-state index in [4.69, 9.17) is 9.84 Å². The zero-order chi connectivity index (χ0) is 11.8. The van der Waals surface area contributed by atoms with Crippen molar-refractivity contribution in [1.29, 1.82) is 0 Å². The maximum atomic E-state index is 11.2. The summed E-state index contributed by atoms with van der Waals surface area (Å²) in [4.78, 5) is 11.2. The molecule has 0 spiro atoms. The van der Waals surface area contributed by atoms with Crippen LogP contribution in [0.3, 0.4) is 0 Å². The van der Waals surface area contributed by atoms with Gasteiger partial charge in [0.1, 0.15) is 13.2 Å². The number of nitrogens with one attached hydrogen (secondary N) is 1. The van der Waals surface area contributed by atoms with Crippen LogP contribution in [0.1, 0.15) is 5.56 Å². The van der Waals surface area contributed by atoms with Crippen molar-refractivity contribution in [3.05, 3.63) is 29.8 Å². The number of amides is 1. The molecular weight excluding hydrogens is 206 g/mol. The smallest absolute Gasteiger partial charge is 0.250 e. The van der Waals surface area contributed by atoms with Crippen LogP contribution in [0.2, 0.25) is 0 Å². The molecule has 0 aromatic heterocycles. The largest absolute Gasteiger partial charge is 0.384 e. The van der Waals surface area contributed by atoms with Crippen molar-refractivity contribution in [1.82, 2.24) is 0 Å². The molecule has 0 unspecified atom stereocenters. The molecule has 0 aliphatic rings. The summed E-state index contributed by atoms with van der Waals surface area (Å²) in [5.74, 6) is 5.11. The van der Waals surface area contributed by atoms with Crippen LogP contribution in [-0.4, -0.2) is 31.3 Å². The van der Waals surface area contributed by atoms with E-state index in [1.54, 1.807) is 24.3 Å². The van der Waals surface area contributed by atoms with Crippen LogP contribution >= 0.6 is 0 Å². The summed E-state index contributed by atoms with van der Waals surface area (Å²) in [5, 5.41) is 11.2. The molecule has 0 aliphatic carbocycles. The number of hydrogen-bond acceptors (Lipinski definition) is 3. The topological polar surface area (TPSA) is 58.6 Å².